The van der Waals surface area contributed by atoms with Gasteiger partial charge in [0.25, 0.3) is 0 Å². The minimum Gasteiger partial charge on any atom is -0.476 e. The maximum atomic E-state index is 12.3. The van der Waals surface area contributed by atoms with E-state index in [1.165, 1.54) is 96.3 Å². The zero-order valence-corrected chi connectivity index (χ0v) is 26.1. The third-order valence-electron chi connectivity index (χ3n) is 6.80. The molecule has 2 N–H and O–H groups in total. The Labute approximate surface area is 233 Å². The van der Waals surface area contributed by atoms with Crippen LogP contribution in [-0.4, -0.2) is 51.8 Å². The molecule has 0 saturated carbocycles. The highest BCUT2D eigenvalue weighted by molar-refractivity contribution is 7.99. The molecule has 0 radical (unpaired) electrons. The van der Waals surface area contributed by atoms with Crippen molar-refractivity contribution in [3.63, 3.8) is 0 Å². The molecule has 8 heteroatoms. The lowest BCUT2D eigenvalue weighted by molar-refractivity contribution is -0.156. The van der Waals surface area contributed by atoms with Gasteiger partial charge in [-0.2, -0.15) is 11.8 Å². The Bertz CT molecular complexity index is 565. The second kappa shape index (κ2) is 24.8. The lowest BCUT2D eigenvalue weighted by Crippen LogP contribution is -2.42. The van der Waals surface area contributed by atoms with Crippen molar-refractivity contribution in [2.45, 2.75) is 160 Å². The highest BCUT2D eigenvalue weighted by Gasteiger charge is 2.58. The molecule has 0 aliphatic rings. The van der Waals surface area contributed by atoms with E-state index in [9.17, 15) is 19.6 Å². The topological polar surface area (TPSA) is 93.1 Å². The van der Waals surface area contributed by atoms with Crippen LogP contribution in [0.5, 0.6) is 0 Å². The van der Waals surface area contributed by atoms with E-state index in [2.05, 4.69) is 13.8 Å². The van der Waals surface area contributed by atoms with Gasteiger partial charge in [0.05, 0.1) is 6.10 Å². The van der Waals surface area contributed by atoms with Crippen molar-refractivity contribution >= 4 is 25.8 Å². The molecule has 0 aliphatic heterocycles. The highest BCUT2D eigenvalue weighted by Crippen LogP contribution is 2.39. The van der Waals surface area contributed by atoms with Crippen LogP contribution in [0.4, 0.5) is 0 Å². The fourth-order valence-corrected chi connectivity index (χ4v) is 6.49. The molecule has 0 aromatic heterocycles. The number of carbonyl (C=O) groups is 1. The summed E-state index contributed by atoms with van der Waals surface area (Å²) in [5.41, 5.74) is 0. The minimum absolute atomic E-state index is 0.135. The highest BCUT2D eigenvalue weighted by atomic mass is 32.2. The van der Waals surface area contributed by atoms with Crippen LogP contribution in [0.25, 0.3) is 0 Å². The molecule has 37 heavy (non-hydrogen) atoms. The quantitative estimate of drug-likeness (QED) is 0.0721. The first-order valence-corrected chi connectivity index (χ1v) is 17.3. The summed E-state index contributed by atoms with van der Waals surface area (Å²) < 4.78 is 23.3. The summed E-state index contributed by atoms with van der Waals surface area (Å²) in [5.74, 6) is -0.509. The summed E-state index contributed by atoms with van der Waals surface area (Å²) in [6.07, 6.45) is 21.8. The van der Waals surface area contributed by atoms with Gasteiger partial charge >= 0.3 is 19.3 Å². The van der Waals surface area contributed by atoms with Crippen LogP contribution in [0.2, 0.25) is 0 Å². The summed E-state index contributed by atoms with van der Waals surface area (Å²) in [4.78, 5) is 11.7. The molecule has 0 spiro atoms. The Morgan fingerprint density at radius 1 is 0.811 bits per heavy atom. The number of aliphatic carboxylic acids is 1. The normalized spacial score (nSPS) is 15.3. The Balaban J connectivity index is 4.66. The molecule has 0 rings (SSSR count). The van der Waals surface area contributed by atoms with E-state index in [1.54, 1.807) is 0 Å². The summed E-state index contributed by atoms with van der Waals surface area (Å²) in [6.45, 7) is 7.86. The lowest BCUT2D eigenvalue weighted by atomic mass is 10.1. The van der Waals surface area contributed by atoms with Crippen LogP contribution in [0.15, 0.2) is 0 Å². The largest absolute Gasteiger partial charge is 0.558 e. The summed E-state index contributed by atoms with van der Waals surface area (Å²) in [6, 6.07) is 0. The summed E-state index contributed by atoms with van der Waals surface area (Å²) in [7, 11) is -2.79. The fourth-order valence-electron chi connectivity index (χ4n) is 4.23. The maximum Gasteiger partial charge on any atom is 0.558 e. The summed E-state index contributed by atoms with van der Waals surface area (Å²) >= 11 is 1.90. The molecule has 0 aromatic carbocycles. The second-order valence-corrected chi connectivity index (χ2v) is 13.2. The Morgan fingerprint density at radius 3 is 1.78 bits per heavy atom. The monoisotopic (exact) mass is 565 g/mol. The number of unbranched alkanes of at least 4 members (excludes halogenated alkanes) is 14. The van der Waals surface area contributed by atoms with E-state index < -0.39 is 25.9 Å². The van der Waals surface area contributed by atoms with Crippen molar-refractivity contribution in [1.29, 1.82) is 0 Å². The van der Waals surface area contributed by atoms with Crippen LogP contribution < -0.4 is 0 Å². The van der Waals surface area contributed by atoms with Gasteiger partial charge in [0.15, 0.2) is 0 Å². The maximum absolute atomic E-state index is 12.3. The number of thioether (sulfide) groups is 1. The van der Waals surface area contributed by atoms with E-state index in [-0.39, 0.29) is 18.0 Å². The number of ether oxygens (including phenoxy) is 1. The molecule has 0 heterocycles. The van der Waals surface area contributed by atoms with Gasteiger partial charge < -0.3 is 14.9 Å². The lowest BCUT2D eigenvalue weighted by Gasteiger charge is -2.25. The zero-order valence-electron chi connectivity index (χ0n) is 24.4. The van der Waals surface area contributed by atoms with Crippen molar-refractivity contribution in [1.82, 2.24) is 0 Å². The second-order valence-electron chi connectivity index (χ2n) is 10.4. The molecule has 0 saturated heterocycles. The fraction of sp³-hybridized carbons (Fsp3) is 0.966. The molecular formula is C29H58O6PS+. The molecule has 4 unspecified atom stereocenters. The molecule has 220 valence electrons. The number of hydrogen-bond acceptors (Lipinski definition) is 6. The molecule has 0 fully saturated rings. The average molecular weight is 566 g/mol. The van der Waals surface area contributed by atoms with Gasteiger partial charge in [-0.05, 0) is 36.5 Å². The Kier molecular flexibility index (Phi) is 24.7. The molecule has 4 atom stereocenters. The van der Waals surface area contributed by atoms with Crippen molar-refractivity contribution in [2.24, 2.45) is 0 Å². The molecule has 0 amide bonds. The standard InChI is InChI=1S/C29H57O6PS/c1-5-8-10-12-14-15-17-19-21-24-37-27(22-20-18-16-13-11-9-6-2)26(4)34-25-29(32,28(30)31)36(33)35-23-7-3/h26-27,32H,5-25H2,1-4H3/p+1. The predicted octanol–water partition coefficient (Wildman–Crippen LogP) is 9.11. The molecule has 0 bridgehead atoms. The third kappa shape index (κ3) is 18.7. The van der Waals surface area contributed by atoms with E-state index in [0.717, 1.165) is 18.6 Å². The van der Waals surface area contributed by atoms with Gasteiger partial charge in [0.1, 0.15) is 13.2 Å². The van der Waals surface area contributed by atoms with E-state index >= 15 is 0 Å². The predicted molar refractivity (Wildman–Crippen MR) is 158 cm³/mol. The number of carboxylic acids is 1. The van der Waals surface area contributed by atoms with Crippen LogP contribution in [0.3, 0.4) is 0 Å². The van der Waals surface area contributed by atoms with Gasteiger partial charge in [-0.25, -0.2) is 4.79 Å². The van der Waals surface area contributed by atoms with Crippen LogP contribution in [0.1, 0.15) is 143 Å². The van der Waals surface area contributed by atoms with Crippen molar-refractivity contribution in [3.8, 4) is 0 Å². The zero-order chi connectivity index (χ0) is 27.8. The van der Waals surface area contributed by atoms with E-state index in [0.29, 0.717) is 6.42 Å². The molecule has 0 aromatic rings. The first-order valence-electron chi connectivity index (χ1n) is 15.1. The van der Waals surface area contributed by atoms with Gasteiger partial charge in [-0.15, -0.1) is 4.52 Å². The number of rotatable bonds is 28. The van der Waals surface area contributed by atoms with Gasteiger partial charge in [-0.3, -0.25) is 0 Å². The first kappa shape index (κ1) is 36.8. The van der Waals surface area contributed by atoms with Gasteiger partial charge in [0.2, 0.25) is 0 Å². The van der Waals surface area contributed by atoms with Crippen LogP contribution >= 0.6 is 19.8 Å². The molecule has 6 nitrogen and oxygen atoms in total. The van der Waals surface area contributed by atoms with Crippen LogP contribution in [0, 0.1) is 0 Å². The van der Waals surface area contributed by atoms with Gasteiger partial charge in [0, 0.05) is 5.25 Å². The van der Waals surface area contributed by atoms with Gasteiger partial charge in [-0.1, -0.05) is 117 Å². The van der Waals surface area contributed by atoms with Crippen molar-refractivity contribution in [2.75, 3.05) is 19.0 Å². The van der Waals surface area contributed by atoms with Crippen molar-refractivity contribution in [3.05, 3.63) is 0 Å². The average Bonchev–Trinajstić information content (AvgIpc) is 2.89. The van der Waals surface area contributed by atoms with Crippen LogP contribution in [-0.2, 0) is 18.6 Å². The first-order chi connectivity index (χ1) is 17.8. The minimum atomic E-state index is -2.79. The Morgan fingerprint density at radius 2 is 1.30 bits per heavy atom. The molecular weight excluding hydrogens is 507 g/mol. The SMILES string of the molecule is CCCCCCCCCCCSC(CCCCCCCCC)C(C)OCC(O)(C(=O)O)[P+](=O)OCCC. The number of hydrogen-bond donors (Lipinski definition) is 2. The Hall–Kier alpha value is -0.200. The number of carboxylic acid groups (broad SMARTS) is 1. The molecule has 0 aliphatic carbocycles. The van der Waals surface area contributed by atoms with E-state index in [4.69, 9.17) is 9.26 Å². The summed E-state index contributed by atoms with van der Waals surface area (Å²) in [5, 5.41) is 17.8. The van der Waals surface area contributed by atoms with Crippen molar-refractivity contribution < 1.29 is 28.8 Å². The van der Waals surface area contributed by atoms with E-state index in [1.807, 2.05) is 25.6 Å². The smallest absolute Gasteiger partial charge is 0.476 e. The third-order valence-corrected chi connectivity index (χ3v) is 9.71. The number of aliphatic hydroxyl groups is 1.